The molecule has 0 atom stereocenters. The van der Waals surface area contributed by atoms with Crippen molar-refractivity contribution >= 4 is 21.8 Å². The molecule has 0 saturated carbocycles. The van der Waals surface area contributed by atoms with E-state index in [9.17, 15) is 0 Å². The first-order valence-corrected chi connectivity index (χ1v) is 11.0. The van der Waals surface area contributed by atoms with Crippen LogP contribution in [0.25, 0.3) is 49.7 Å². The van der Waals surface area contributed by atoms with Gasteiger partial charge in [-0.1, -0.05) is 103 Å². The lowest BCUT2D eigenvalue weighted by Crippen LogP contribution is -1.97. The number of benzene rings is 5. The molecule has 0 aliphatic rings. The van der Waals surface area contributed by atoms with Gasteiger partial charge in [-0.25, -0.2) is 0 Å². The van der Waals surface area contributed by atoms with Crippen molar-refractivity contribution in [1.82, 2.24) is 4.57 Å². The summed E-state index contributed by atoms with van der Waals surface area (Å²) in [6.45, 7) is 2.16. The van der Waals surface area contributed by atoms with Crippen LogP contribution in [-0.4, -0.2) is 4.57 Å². The maximum atomic E-state index is 2.41. The Morgan fingerprint density at radius 2 is 1.09 bits per heavy atom. The number of aryl methyl sites for hydroxylation is 1. The summed E-state index contributed by atoms with van der Waals surface area (Å²) in [5.74, 6) is 0. The monoisotopic (exact) mass is 409 g/mol. The van der Waals surface area contributed by atoms with Crippen molar-refractivity contribution in [2.24, 2.45) is 0 Å². The second-order valence-corrected chi connectivity index (χ2v) is 8.33. The maximum absolute atomic E-state index is 2.41. The summed E-state index contributed by atoms with van der Waals surface area (Å²) in [5.41, 5.74) is 9.89. The molecule has 0 fully saturated rings. The quantitative estimate of drug-likeness (QED) is 0.276. The molecule has 1 nitrogen and oxygen atoms in total. The third-order valence-corrected chi connectivity index (χ3v) is 6.28. The van der Waals surface area contributed by atoms with Gasteiger partial charge in [-0.2, -0.15) is 0 Å². The molecule has 152 valence electrons. The summed E-state index contributed by atoms with van der Waals surface area (Å²) >= 11 is 0. The maximum Gasteiger partial charge on any atom is 0.0541 e. The van der Waals surface area contributed by atoms with E-state index in [-0.39, 0.29) is 0 Å². The average Bonchev–Trinajstić information content (AvgIpc) is 3.18. The number of para-hydroxylation sites is 2. The van der Waals surface area contributed by atoms with Crippen LogP contribution in [0.5, 0.6) is 0 Å². The summed E-state index contributed by atoms with van der Waals surface area (Å²) in [5, 5.41) is 2.59. The highest BCUT2D eigenvalue weighted by Gasteiger charge is 2.15. The fourth-order valence-corrected chi connectivity index (χ4v) is 4.73. The standard InChI is InChI=1S/C31H23N/c1-22-15-20-31-28(21-22)27-12-6-8-14-30(27)32(31)29-13-7-5-11-26(29)25-18-16-24(17-19-25)23-9-3-2-4-10-23/h2-21H,1H3. The van der Waals surface area contributed by atoms with Gasteiger partial charge in [-0.15, -0.1) is 0 Å². The molecule has 0 aliphatic carbocycles. The molecule has 6 rings (SSSR count). The third kappa shape index (κ3) is 3.02. The molecule has 0 aliphatic heterocycles. The Labute approximate surface area is 188 Å². The first kappa shape index (κ1) is 18.7. The van der Waals surface area contributed by atoms with Crippen molar-refractivity contribution in [3.05, 3.63) is 127 Å². The number of rotatable bonds is 3. The van der Waals surface area contributed by atoms with Crippen molar-refractivity contribution in [1.29, 1.82) is 0 Å². The highest BCUT2D eigenvalue weighted by molar-refractivity contribution is 6.10. The lowest BCUT2D eigenvalue weighted by Gasteiger charge is -2.14. The normalized spacial score (nSPS) is 11.3. The number of nitrogens with zero attached hydrogens (tertiary/aromatic N) is 1. The molecule has 1 aromatic heterocycles. The molecular formula is C31H23N. The SMILES string of the molecule is Cc1ccc2c(c1)c1ccccc1n2-c1ccccc1-c1ccc(-c2ccccc2)cc1. The van der Waals surface area contributed by atoms with Crippen LogP contribution in [0.2, 0.25) is 0 Å². The van der Waals surface area contributed by atoms with E-state index < -0.39 is 0 Å². The molecule has 0 N–H and O–H groups in total. The minimum atomic E-state index is 1.20. The molecule has 0 radical (unpaired) electrons. The Morgan fingerprint density at radius 3 is 1.94 bits per heavy atom. The second-order valence-electron chi connectivity index (χ2n) is 8.33. The van der Waals surface area contributed by atoms with Crippen molar-refractivity contribution < 1.29 is 0 Å². The topological polar surface area (TPSA) is 4.93 Å². The molecule has 1 heterocycles. The first-order valence-electron chi connectivity index (χ1n) is 11.0. The van der Waals surface area contributed by atoms with E-state index in [0.29, 0.717) is 0 Å². The van der Waals surface area contributed by atoms with Crippen LogP contribution in [0, 0.1) is 6.92 Å². The van der Waals surface area contributed by atoms with Crippen LogP contribution in [-0.2, 0) is 0 Å². The van der Waals surface area contributed by atoms with Gasteiger partial charge in [0.15, 0.2) is 0 Å². The summed E-state index contributed by atoms with van der Waals surface area (Å²) in [6.07, 6.45) is 0. The van der Waals surface area contributed by atoms with Crippen LogP contribution in [0.3, 0.4) is 0 Å². The van der Waals surface area contributed by atoms with E-state index in [1.54, 1.807) is 0 Å². The van der Waals surface area contributed by atoms with E-state index in [2.05, 4.69) is 133 Å². The number of hydrogen-bond donors (Lipinski definition) is 0. The molecule has 6 aromatic rings. The second kappa shape index (κ2) is 7.55. The molecule has 1 heteroatoms. The largest absolute Gasteiger partial charge is 0.309 e. The molecule has 0 spiro atoms. The zero-order valence-corrected chi connectivity index (χ0v) is 18.0. The highest BCUT2D eigenvalue weighted by Crippen LogP contribution is 2.36. The molecule has 0 saturated heterocycles. The molecule has 5 aromatic carbocycles. The van der Waals surface area contributed by atoms with Crippen LogP contribution in [0.4, 0.5) is 0 Å². The minimum absolute atomic E-state index is 1.20. The summed E-state index contributed by atoms with van der Waals surface area (Å²) in [4.78, 5) is 0. The van der Waals surface area contributed by atoms with Crippen LogP contribution in [0.1, 0.15) is 5.56 Å². The van der Waals surface area contributed by atoms with Crippen molar-refractivity contribution in [2.75, 3.05) is 0 Å². The zero-order valence-electron chi connectivity index (χ0n) is 18.0. The molecular weight excluding hydrogens is 386 g/mol. The van der Waals surface area contributed by atoms with E-state index in [0.717, 1.165) is 0 Å². The fraction of sp³-hybridized carbons (Fsp3) is 0.0323. The van der Waals surface area contributed by atoms with Crippen molar-refractivity contribution in [3.8, 4) is 27.9 Å². The van der Waals surface area contributed by atoms with Gasteiger partial charge in [0.05, 0.1) is 16.7 Å². The predicted octanol–water partition coefficient (Wildman–Crippen LogP) is 8.43. The van der Waals surface area contributed by atoms with Gasteiger partial charge in [0.2, 0.25) is 0 Å². The Morgan fingerprint density at radius 1 is 0.469 bits per heavy atom. The lowest BCUT2D eigenvalue weighted by atomic mass is 9.99. The molecule has 0 bridgehead atoms. The summed E-state index contributed by atoms with van der Waals surface area (Å²) in [7, 11) is 0. The van der Waals surface area contributed by atoms with Gasteiger partial charge in [0.25, 0.3) is 0 Å². The van der Waals surface area contributed by atoms with Crippen molar-refractivity contribution in [2.45, 2.75) is 6.92 Å². The van der Waals surface area contributed by atoms with Crippen LogP contribution >= 0.6 is 0 Å². The van der Waals surface area contributed by atoms with Crippen molar-refractivity contribution in [3.63, 3.8) is 0 Å². The Bertz CT molecular complexity index is 1550. The highest BCUT2D eigenvalue weighted by atomic mass is 15.0. The van der Waals surface area contributed by atoms with Crippen LogP contribution in [0.15, 0.2) is 121 Å². The van der Waals surface area contributed by atoms with Gasteiger partial charge in [0.1, 0.15) is 0 Å². The lowest BCUT2D eigenvalue weighted by molar-refractivity contribution is 1.18. The van der Waals surface area contributed by atoms with Gasteiger partial charge in [-0.05, 0) is 47.9 Å². The third-order valence-electron chi connectivity index (χ3n) is 6.28. The van der Waals surface area contributed by atoms with Gasteiger partial charge >= 0.3 is 0 Å². The van der Waals surface area contributed by atoms with E-state index in [4.69, 9.17) is 0 Å². The molecule has 0 unspecified atom stereocenters. The number of hydrogen-bond acceptors (Lipinski definition) is 0. The van der Waals surface area contributed by atoms with Crippen LogP contribution < -0.4 is 0 Å². The fourth-order valence-electron chi connectivity index (χ4n) is 4.73. The van der Waals surface area contributed by atoms with E-state index in [1.807, 2.05) is 0 Å². The smallest absolute Gasteiger partial charge is 0.0541 e. The summed E-state index contributed by atoms with van der Waals surface area (Å²) < 4.78 is 2.41. The Hall–Kier alpha value is -4.10. The average molecular weight is 410 g/mol. The van der Waals surface area contributed by atoms with Gasteiger partial charge in [0, 0.05) is 16.3 Å². The van der Waals surface area contributed by atoms with Gasteiger partial charge < -0.3 is 4.57 Å². The number of fused-ring (bicyclic) bond motifs is 3. The molecule has 32 heavy (non-hydrogen) atoms. The first-order chi connectivity index (χ1) is 15.8. The minimum Gasteiger partial charge on any atom is -0.309 e. The Balaban J connectivity index is 1.56. The Kier molecular flexibility index (Phi) is 4.40. The predicted molar refractivity (Wildman–Crippen MR) is 136 cm³/mol. The number of aromatic nitrogens is 1. The van der Waals surface area contributed by atoms with E-state index >= 15 is 0 Å². The van der Waals surface area contributed by atoms with Gasteiger partial charge in [-0.3, -0.25) is 0 Å². The summed E-state index contributed by atoms with van der Waals surface area (Å²) in [6, 6.07) is 43.6. The molecule has 0 amide bonds. The van der Waals surface area contributed by atoms with E-state index in [1.165, 1.54) is 55.3 Å². The zero-order chi connectivity index (χ0) is 21.5.